The summed E-state index contributed by atoms with van der Waals surface area (Å²) in [5, 5.41) is 5.96. The molecule has 1 amide bonds. The summed E-state index contributed by atoms with van der Waals surface area (Å²) < 4.78 is 4.72. The number of methoxy groups -OCH3 is 1. The Hall–Kier alpha value is -1.82. The lowest BCUT2D eigenvalue weighted by Crippen LogP contribution is -2.28. The molecule has 106 valence electrons. The number of nitrogens with two attached hydrogens (primary N) is 1. The van der Waals surface area contributed by atoms with E-state index < -0.39 is 0 Å². The SMILES string of the molecule is COCC(=O)NCCCCNc1nc(C)ccc1N. The fraction of sp³-hybridized carbons (Fsp3) is 0.538. The van der Waals surface area contributed by atoms with E-state index in [0.717, 1.165) is 30.9 Å². The van der Waals surface area contributed by atoms with Crippen molar-refractivity contribution in [3.05, 3.63) is 17.8 Å². The van der Waals surface area contributed by atoms with Crippen molar-refractivity contribution >= 4 is 17.4 Å². The van der Waals surface area contributed by atoms with E-state index >= 15 is 0 Å². The number of carbonyl (C=O) groups excluding carboxylic acids is 1. The molecule has 6 nitrogen and oxygen atoms in total. The molecule has 0 radical (unpaired) electrons. The second-order valence-electron chi connectivity index (χ2n) is 4.31. The molecule has 0 aliphatic carbocycles. The minimum atomic E-state index is -0.0833. The van der Waals surface area contributed by atoms with Gasteiger partial charge < -0.3 is 21.1 Å². The monoisotopic (exact) mass is 266 g/mol. The number of ether oxygens (including phenoxy) is 1. The number of aromatic nitrogens is 1. The quantitative estimate of drug-likeness (QED) is 0.609. The molecule has 0 aliphatic heterocycles. The number of hydrogen-bond donors (Lipinski definition) is 3. The molecular formula is C13H22N4O2. The maximum absolute atomic E-state index is 11.1. The van der Waals surface area contributed by atoms with Gasteiger partial charge in [0.1, 0.15) is 12.4 Å². The minimum absolute atomic E-state index is 0.0833. The maximum Gasteiger partial charge on any atom is 0.245 e. The summed E-state index contributed by atoms with van der Waals surface area (Å²) in [6.07, 6.45) is 1.83. The van der Waals surface area contributed by atoms with E-state index in [1.807, 2.05) is 19.1 Å². The van der Waals surface area contributed by atoms with Crippen LogP contribution in [-0.4, -0.2) is 37.7 Å². The third-order valence-electron chi connectivity index (χ3n) is 2.56. The summed E-state index contributed by atoms with van der Waals surface area (Å²) in [6, 6.07) is 3.72. The predicted octanol–water partition coefficient (Wildman–Crippen LogP) is 0.927. The van der Waals surface area contributed by atoms with Crippen LogP contribution >= 0.6 is 0 Å². The molecule has 0 spiro atoms. The van der Waals surface area contributed by atoms with Crippen LogP contribution in [0, 0.1) is 6.92 Å². The number of unbranched alkanes of at least 4 members (excludes halogenated alkanes) is 1. The van der Waals surface area contributed by atoms with E-state index in [2.05, 4.69) is 15.6 Å². The minimum Gasteiger partial charge on any atom is -0.396 e. The number of pyridine rings is 1. The number of anilines is 2. The van der Waals surface area contributed by atoms with Crippen LogP contribution in [0.1, 0.15) is 18.5 Å². The van der Waals surface area contributed by atoms with E-state index in [1.165, 1.54) is 7.11 Å². The van der Waals surface area contributed by atoms with Crippen molar-refractivity contribution in [1.82, 2.24) is 10.3 Å². The lowest BCUT2D eigenvalue weighted by atomic mass is 10.3. The molecule has 0 aliphatic rings. The van der Waals surface area contributed by atoms with Crippen LogP contribution in [0.25, 0.3) is 0 Å². The summed E-state index contributed by atoms with van der Waals surface area (Å²) in [7, 11) is 1.50. The highest BCUT2D eigenvalue weighted by Gasteiger charge is 2.01. The Balaban J connectivity index is 2.14. The highest BCUT2D eigenvalue weighted by Crippen LogP contribution is 2.14. The zero-order chi connectivity index (χ0) is 14.1. The Morgan fingerprint density at radius 3 is 2.84 bits per heavy atom. The molecule has 1 rings (SSSR count). The van der Waals surface area contributed by atoms with Crippen molar-refractivity contribution in [2.75, 3.05) is 37.9 Å². The van der Waals surface area contributed by atoms with Gasteiger partial charge >= 0.3 is 0 Å². The van der Waals surface area contributed by atoms with Crippen molar-refractivity contribution in [2.45, 2.75) is 19.8 Å². The first-order valence-corrected chi connectivity index (χ1v) is 6.36. The Morgan fingerprint density at radius 1 is 1.37 bits per heavy atom. The standard InChI is InChI=1S/C13H22N4O2/c1-10-5-6-11(14)13(17-10)16-8-4-3-7-15-12(18)9-19-2/h5-6H,3-4,7-9,14H2,1-2H3,(H,15,18)(H,16,17). The second-order valence-corrected chi connectivity index (χ2v) is 4.31. The van der Waals surface area contributed by atoms with Gasteiger partial charge in [0.25, 0.3) is 0 Å². The van der Waals surface area contributed by atoms with Gasteiger partial charge in [-0.1, -0.05) is 0 Å². The number of nitrogen functional groups attached to an aromatic ring is 1. The first-order chi connectivity index (χ1) is 9.13. The molecule has 1 heterocycles. The van der Waals surface area contributed by atoms with Crippen molar-refractivity contribution in [1.29, 1.82) is 0 Å². The lowest BCUT2D eigenvalue weighted by molar-refractivity contribution is -0.124. The fourth-order valence-electron chi connectivity index (χ4n) is 1.58. The van der Waals surface area contributed by atoms with Crippen LogP contribution in [0.3, 0.4) is 0 Å². The Bertz CT molecular complexity index is 410. The zero-order valence-electron chi connectivity index (χ0n) is 11.5. The number of nitrogens with zero attached hydrogens (tertiary/aromatic N) is 1. The molecule has 19 heavy (non-hydrogen) atoms. The lowest BCUT2D eigenvalue weighted by Gasteiger charge is -2.09. The largest absolute Gasteiger partial charge is 0.396 e. The number of carbonyl (C=O) groups is 1. The van der Waals surface area contributed by atoms with Crippen molar-refractivity contribution in [3.63, 3.8) is 0 Å². The molecule has 6 heteroatoms. The van der Waals surface area contributed by atoms with Gasteiger partial charge in [-0.15, -0.1) is 0 Å². The number of hydrogen-bond acceptors (Lipinski definition) is 5. The van der Waals surface area contributed by atoms with Gasteiger partial charge in [0, 0.05) is 25.9 Å². The molecule has 1 aromatic rings. The van der Waals surface area contributed by atoms with Crippen LogP contribution in [0.15, 0.2) is 12.1 Å². The number of rotatable bonds is 8. The number of nitrogens with one attached hydrogen (secondary N) is 2. The summed E-state index contributed by atoms with van der Waals surface area (Å²) in [6.45, 7) is 3.47. The third-order valence-corrected chi connectivity index (χ3v) is 2.56. The molecule has 0 bridgehead atoms. The second kappa shape index (κ2) is 8.31. The average Bonchev–Trinajstić information content (AvgIpc) is 2.38. The summed E-state index contributed by atoms with van der Waals surface area (Å²) in [4.78, 5) is 15.4. The highest BCUT2D eigenvalue weighted by atomic mass is 16.5. The Labute approximate surface area is 113 Å². The number of amides is 1. The van der Waals surface area contributed by atoms with E-state index in [9.17, 15) is 4.79 Å². The van der Waals surface area contributed by atoms with Crippen molar-refractivity contribution < 1.29 is 9.53 Å². The van der Waals surface area contributed by atoms with E-state index in [1.54, 1.807) is 0 Å². The molecule has 0 unspecified atom stereocenters. The molecule has 0 saturated heterocycles. The summed E-state index contributed by atoms with van der Waals surface area (Å²) >= 11 is 0. The van der Waals surface area contributed by atoms with E-state index in [4.69, 9.17) is 10.5 Å². The Kier molecular flexibility index (Phi) is 6.67. The smallest absolute Gasteiger partial charge is 0.245 e. The van der Waals surface area contributed by atoms with E-state index in [-0.39, 0.29) is 12.5 Å². The fourth-order valence-corrected chi connectivity index (χ4v) is 1.58. The van der Waals surface area contributed by atoms with Crippen molar-refractivity contribution in [2.24, 2.45) is 0 Å². The number of aryl methyl sites for hydroxylation is 1. The van der Waals surface area contributed by atoms with Gasteiger partial charge in [-0.05, 0) is 31.9 Å². The maximum atomic E-state index is 11.1. The summed E-state index contributed by atoms with van der Waals surface area (Å²) in [5.74, 6) is 0.642. The molecule has 0 fully saturated rings. The normalized spacial score (nSPS) is 10.2. The van der Waals surface area contributed by atoms with Crippen LogP contribution in [-0.2, 0) is 9.53 Å². The summed E-state index contributed by atoms with van der Waals surface area (Å²) in [5.41, 5.74) is 7.39. The van der Waals surface area contributed by atoms with Crippen LogP contribution in [0.5, 0.6) is 0 Å². The third kappa shape index (κ3) is 6.05. The molecule has 0 saturated carbocycles. The molecule has 4 N–H and O–H groups in total. The predicted molar refractivity (Wildman–Crippen MR) is 76.0 cm³/mol. The Morgan fingerprint density at radius 2 is 2.11 bits per heavy atom. The first kappa shape index (κ1) is 15.2. The van der Waals surface area contributed by atoms with Gasteiger partial charge in [-0.25, -0.2) is 4.98 Å². The first-order valence-electron chi connectivity index (χ1n) is 6.36. The average molecular weight is 266 g/mol. The van der Waals surface area contributed by atoms with Gasteiger partial charge in [0.2, 0.25) is 5.91 Å². The molecule has 0 atom stereocenters. The van der Waals surface area contributed by atoms with Gasteiger partial charge in [0.15, 0.2) is 0 Å². The topological polar surface area (TPSA) is 89.3 Å². The van der Waals surface area contributed by atoms with Crippen molar-refractivity contribution in [3.8, 4) is 0 Å². The van der Waals surface area contributed by atoms with Crippen LogP contribution in [0.2, 0.25) is 0 Å². The highest BCUT2D eigenvalue weighted by molar-refractivity contribution is 5.77. The van der Waals surface area contributed by atoms with Crippen LogP contribution in [0.4, 0.5) is 11.5 Å². The molecule has 0 aromatic carbocycles. The molecule has 1 aromatic heterocycles. The van der Waals surface area contributed by atoms with Crippen LogP contribution < -0.4 is 16.4 Å². The molecular weight excluding hydrogens is 244 g/mol. The van der Waals surface area contributed by atoms with Gasteiger partial charge in [0.05, 0.1) is 5.69 Å². The van der Waals surface area contributed by atoms with E-state index in [0.29, 0.717) is 12.2 Å². The zero-order valence-corrected chi connectivity index (χ0v) is 11.5. The van der Waals surface area contributed by atoms with Gasteiger partial charge in [-0.2, -0.15) is 0 Å². The van der Waals surface area contributed by atoms with Gasteiger partial charge in [-0.3, -0.25) is 4.79 Å².